The molecule has 3 rings (SSSR count). The van der Waals surface area contributed by atoms with Crippen molar-refractivity contribution in [2.75, 3.05) is 11.6 Å². The predicted molar refractivity (Wildman–Crippen MR) is 123 cm³/mol. The highest BCUT2D eigenvalue weighted by molar-refractivity contribution is 6.48. The molecule has 0 aliphatic rings. The average molecular weight is 531 g/mol. The zero-order valence-electron chi connectivity index (χ0n) is 16.9. The molecule has 176 valence electrons. The Hall–Kier alpha value is -3.14. The van der Waals surface area contributed by atoms with Crippen molar-refractivity contribution in [1.29, 1.82) is 0 Å². The van der Waals surface area contributed by atoms with E-state index in [1.165, 1.54) is 12.3 Å². The van der Waals surface area contributed by atoms with E-state index in [0.717, 1.165) is 24.4 Å². The van der Waals surface area contributed by atoms with Crippen LogP contribution in [-0.2, 0) is 15.7 Å². The number of carbonyl (C=O) groups excluding carboxylic acids is 2. The molecule has 0 bridgehead atoms. The lowest BCUT2D eigenvalue weighted by Crippen LogP contribution is -2.31. The van der Waals surface area contributed by atoms with Gasteiger partial charge in [-0.15, -0.1) is 0 Å². The molecule has 3 aromatic rings. The van der Waals surface area contributed by atoms with Crippen molar-refractivity contribution in [3.05, 3.63) is 92.7 Å². The van der Waals surface area contributed by atoms with Crippen LogP contribution in [0.5, 0.6) is 0 Å². The van der Waals surface area contributed by atoms with Crippen LogP contribution >= 0.6 is 34.8 Å². The number of hydrogen-bond acceptors (Lipinski definition) is 5. The molecule has 34 heavy (non-hydrogen) atoms. The highest BCUT2D eigenvalue weighted by atomic mass is 35.5. The minimum atomic E-state index is -4.64. The van der Waals surface area contributed by atoms with Crippen LogP contribution in [0.25, 0.3) is 0 Å². The summed E-state index contributed by atoms with van der Waals surface area (Å²) in [5.41, 5.74) is -0.978. The molecular formula is C22H13Cl3F3N3O3. The van der Waals surface area contributed by atoms with Crippen LogP contribution in [0, 0.1) is 0 Å². The highest BCUT2D eigenvalue weighted by Gasteiger charge is 2.31. The summed E-state index contributed by atoms with van der Waals surface area (Å²) in [6, 6.07) is 12.5. The number of carbonyl (C=O) groups is 2. The monoisotopic (exact) mass is 529 g/mol. The molecule has 0 saturated heterocycles. The van der Waals surface area contributed by atoms with E-state index in [1.54, 1.807) is 30.3 Å². The maximum Gasteiger partial charge on any atom is 0.416 e. The summed E-state index contributed by atoms with van der Waals surface area (Å²) in [5.74, 6) is -2.02. The Morgan fingerprint density at radius 2 is 1.74 bits per heavy atom. The zero-order valence-corrected chi connectivity index (χ0v) is 19.2. The number of benzene rings is 2. The largest absolute Gasteiger partial charge is 0.451 e. The fourth-order valence-corrected chi connectivity index (χ4v) is 3.15. The Balaban J connectivity index is 1.86. The molecule has 6 nitrogen and oxygen atoms in total. The van der Waals surface area contributed by atoms with E-state index in [4.69, 9.17) is 39.5 Å². The van der Waals surface area contributed by atoms with Gasteiger partial charge in [-0.3, -0.25) is 4.79 Å². The van der Waals surface area contributed by atoms with E-state index in [1.807, 2.05) is 0 Å². The van der Waals surface area contributed by atoms with Gasteiger partial charge in [0, 0.05) is 6.20 Å². The molecule has 0 saturated carbocycles. The molecule has 1 amide bonds. The number of rotatable bonds is 6. The third-order valence-corrected chi connectivity index (χ3v) is 5.45. The summed E-state index contributed by atoms with van der Waals surface area (Å²) in [6.45, 7) is -0.876. The van der Waals surface area contributed by atoms with E-state index in [-0.39, 0.29) is 26.4 Å². The van der Waals surface area contributed by atoms with E-state index in [9.17, 15) is 22.8 Å². The lowest BCUT2D eigenvalue weighted by Gasteiger charge is -2.18. The first-order chi connectivity index (χ1) is 16.1. The van der Waals surface area contributed by atoms with Crippen molar-refractivity contribution in [2.45, 2.75) is 6.18 Å². The quantitative estimate of drug-likeness (QED) is 0.213. The molecule has 0 aliphatic carbocycles. The van der Waals surface area contributed by atoms with Gasteiger partial charge in [0.25, 0.3) is 5.91 Å². The van der Waals surface area contributed by atoms with E-state index in [0.29, 0.717) is 10.6 Å². The molecule has 0 N–H and O–H groups in total. The number of hydrazone groups is 1. The van der Waals surface area contributed by atoms with Crippen LogP contribution in [0.4, 0.5) is 18.9 Å². The van der Waals surface area contributed by atoms with Crippen molar-refractivity contribution < 1.29 is 27.5 Å². The number of aromatic nitrogens is 1. The molecule has 12 heteroatoms. The second-order valence-electron chi connectivity index (χ2n) is 6.57. The number of nitrogens with zero attached hydrogens (tertiary/aromatic N) is 3. The maximum absolute atomic E-state index is 13.2. The summed E-state index contributed by atoms with van der Waals surface area (Å²) in [5, 5.41) is 4.30. The van der Waals surface area contributed by atoms with Gasteiger partial charge >= 0.3 is 12.1 Å². The third-order valence-electron chi connectivity index (χ3n) is 4.21. The first-order valence-corrected chi connectivity index (χ1v) is 10.5. The van der Waals surface area contributed by atoms with Gasteiger partial charge in [-0.1, -0.05) is 71.2 Å². The van der Waals surface area contributed by atoms with Crippen LogP contribution in [0.3, 0.4) is 0 Å². The summed E-state index contributed by atoms with van der Waals surface area (Å²) >= 11 is 17.6. The van der Waals surface area contributed by atoms with Gasteiger partial charge in [0.05, 0.1) is 32.5 Å². The van der Waals surface area contributed by atoms with Gasteiger partial charge in [0.1, 0.15) is 0 Å². The fraction of sp³-hybridized carbons (Fsp3) is 0.0909. The molecule has 0 fully saturated rings. The van der Waals surface area contributed by atoms with Crippen molar-refractivity contribution >= 4 is 58.6 Å². The lowest BCUT2D eigenvalue weighted by molar-refractivity contribution is -0.137. The molecule has 0 unspecified atom stereocenters. The summed E-state index contributed by atoms with van der Waals surface area (Å²) in [4.78, 5) is 28.9. The van der Waals surface area contributed by atoms with Gasteiger partial charge in [-0.05, 0) is 23.8 Å². The Bertz CT molecular complexity index is 1240. The smallest absolute Gasteiger partial charge is 0.416 e. The number of ether oxygens (including phenoxy) is 1. The van der Waals surface area contributed by atoms with Gasteiger partial charge in [0.2, 0.25) is 0 Å². The van der Waals surface area contributed by atoms with Gasteiger partial charge in [0.15, 0.2) is 12.3 Å². The Kier molecular flexibility index (Phi) is 8.14. The van der Waals surface area contributed by atoms with E-state index >= 15 is 0 Å². The topological polar surface area (TPSA) is 71.9 Å². The number of esters is 1. The SMILES string of the molecule is O=C(OCC(=O)N(/N=C/c1ccccc1)c1cccc(C(F)(F)F)c1)c1ncc(Cl)c(Cl)c1Cl. The van der Waals surface area contributed by atoms with Gasteiger partial charge in [-0.2, -0.15) is 23.3 Å². The number of hydrogen-bond donors (Lipinski definition) is 0. The van der Waals surface area contributed by atoms with Crippen molar-refractivity contribution in [3.8, 4) is 0 Å². The lowest BCUT2D eigenvalue weighted by atomic mass is 10.2. The zero-order chi connectivity index (χ0) is 24.9. The number of amides is 1. The average Bonchev–Trinajstić information content (AvgIpc) is 2.81. The molecule has 2 aromatic carbocycles. The Morgan fingerprint density at radius 3 is 2.41 bits per heavy atom. The minimum absolute atomic E-state index is 0.00487. The number of pyridine rings is 1. The molecule has 0 radical (unpaired) electrons. The molecule has 1 aromatic heterocycles. The highest BCUT2D eigenvalue weighted by Crippen LogP contribution is 2.33. The van der Waals surface area contributed by atoms with Gasteiger partial charge in [-0.25, -0.2) is 9.78 Å². The fourth-order valence-electron chi connectivity index (χ4n) is 2.60. The Morgan fingerprint density at radius 1 is 1.03 bits per heavy atom. The molecule has 0 aliphatic heterocycles. The van der Waals surface area contributed by atoms with Gasteiger partial charge < -0.3 is 4.74 Å². The molecule has 1 heterocycles. The first kappa shape index (κ1) is 25.5. The van der Waals surface area contributed by atoms with E-state index in [2.05, 4.69) is 10.1 Å². The van der Waals surface area contributed by atoms with Crippen LogP contribution < -0.4 is 5.01 Å². The number of alkyl halides is 3. The van der Waals surface area contributed by atoms with Crippen LogP contribution in [-0.4, -0.2) is 29.7 Å². The second kappa shape index (κ2) is 10.9. The molecular weight excluding hydrogens is 518 g/mol. The normalized spacial score (nSPS) is 11.5. The third kappa shape index (κ3) is 6.25. The van der Waals surface area contributed by atoms with Crippen LogP contribution in [0.1, 0.15) is 21.6 Å². The first-order valence-electron chi connectivity index (χ1n) is 9.34. The van der Waals surface area contributed by atoms with Crippen LogP contribution in [0.15, 0.2) is 65.9 Å². The minimum Gasteiger partial charge on any atom is -0.451 e. The maximum atomic E-state index is 13.2. The molecule has 0 spiro atoms. The summed E-state index contributed by atoms with van der Waals surface area (Å²) in [7, 11) is 0. The summed E-state index contributed by atoms with van der Waals surface area (Å²) < 4.78 is 44.5. The second-order valence-corrected chi connectivity index (χ2v) is 7.73. The standard InChI is InChI=1S/C22H13Cl3F3N3O3/c23-16-11-29-20(19(25)18(16)24)21(33)34-12-17(32)31(30-10-13-5-2-1-3-6-13)15-8-4-7-14(9-15)22(26,27)28/h1-11H,12H2/b30-10+. The van der Waals surface area contributed by atoms with E-state index < -0.39 is 30.2 Å². The number of anilines is 1. The van der Waals surface area contributed by atoms with Crippen LogP contribution in [0.2, 0.25) is 15.1 Å². The predicted octanol–water partition coefficient (Wildman–Crippen LogP) is 6.28. The van der Waals surface area contributed by atoms with Crippen molar-refractivity contribution in [1.82, 2.24) is 4.98 Å². The molecule has 0 atom stereocenters. The summed E-state index contributed by atoms with van der Waals surface area (Å²) in [6.07, 6.45) is -2.29. The van der Waals surface area contributed by atoms with Crippen molar-refractivity contribution in [2.24, 2.45) is 5.10 Å². The Labute approximate surface area is 206 Å². The van der Waals surface area contributed by atoms with Crippen molar-refractivity contribution in [3.63, 3.8) is 0 Å². The number of halogens is 6.